The molecular weight excluding hydrogens is 244 g/mol. The van der Waals surface area contributed by atoms with Crippen LogP contribution in [0.15, 0.2) is 16.8 Å². The van der Waals surface area contributed by atoms with E-state index in [9.17, 15) is 0 Å². The van der Waals surface area contributed by atoms with Gasteiger partial charge in [0.2, 0.25) is 11.8 Å². The van der Waals surface area contributed by atoms with Gasteiger partial charge in [0.05, 0.1) is 18.3 Å². The van der Waals surface area contributed by atoms with Gasteiger partial charge in [0.25, 0.3) is 0 Å². The Bertz CT molecular complexity index is 532. The summed E-state index contributed by atoms with van der Waals surface area (Å²) in [6.45, 7) is 8.20. The minimum atomic E-state index is 0.0831. The Labute approximate surface area is 112 Å². The van der Waals surface area contributed by atoms with Crippen molar-refractivity contribution < 1.29 is 9.15 Å². The average Bonchev–Trinajstić information content (AvgIpc) is 2.66. The van der Waals surface area contributed by atoms with Crippen LogP contribution >= 0.6 is 0 Å². The molecule has 0 bridgehead atoms. The molecule has 0 radical (unpaired) electrons. The van der Waals surface area contributed by atoms with Crippen LogP contribution in [0.1, 0.15) is 31.2 Å². The number of aromatic nitrogens is 3. The van der Waals surface area contributed by atoms with E-state index in [0.717, 1.165) is 11.5 Å². The van der Waals surface area contributed by atoms with Gasteiger partial charge >= 0.3 is 0 Å². The molecule has 6 heteroatoms. The van der Waals surface area contributed by atoms with E-state index in [1.54, 1.807) is 6.07 Å². The fourth-order valence-electron chi connectivity index (χ4n) is 1.52. The molecule has 0 unspecified atom stereocenters. The Balaban J connectivity index is 1.99. The maximum atomic E-state index is 5.50. The normalized spacial score (nSPS) is 10.8. The van der Waals surface area contributed by atoms with Gasteiger partial charge in [-0.3, -0.25) is 0 Å². The van der Waals surface area contributed by atoms with Crippen molar-refractivity contribution in [1.82, 2.24) is 15.0 Å². The number of nitrogens with zero attached hydrogens (tertiary/aromatic N) is 3. The molecule has 0 spiro atoms. The zero-order chi connectivity index (χ0) is 13.8. The van der Waals surface area contributed by atoms with Crippen LogP contribution in [-0.2, 0) is 6.54 Å². The monoisotopic (exact) mass is 262 g/mol. The first-order valence-electron chi connectivity index (χ1n) is 6.20. The van der Waals surface area contributed by atoms with Gasteiger partial charge in [-0.25, -0.2) is 15.0 Å². The lowest BCUT2D eigenvalue weighted by Crippen LogP contribution is -2.08. The standard InChI is InChI=1S/C13H18N4O2/c1-8(2)18-12-5-11(15-7-16-12)14-6-13-17-9(3)10(4)19-13/h5,7-8H,6H2,1-4H3,(H,14,15,16). The summed E-state index contributed by atoms with van der Waals surface area (Å²) >= 11 is 0. The van der Waals surface area contributed by atoms with E-state index in [1.807, 2.05) is 27.7 Å². The summed E-state index contributed by atoms with van der Waals surface area (Å²) in [5.74, 6) is 2.70. The summed E-state index contributed by atoms with van der Waals surface area (Å²) in [7, 11) is 0. The van der Waals surface area contributed by atoms with E-state index in [1.165, 1.54) is 6.33 Å². The summed E-state index contributed by atoms with van der Waals surface area (Å²) in [6.07, 6.45) is 1.55. The second-order valence-electron chi connectivity index (χ2n) is 4.51. The zero-order valence-corrected chi connectivity index (χ0v) is 11.6. The quantitative estimate of drug-likeness (QED) is 0.892. The largest absolute Gasteiger partial charge is 0.475 e. The van der Waals surface area contributed by atoms with E-state index in [2.05, 4.69) is 20.3 Å². The van der Waals surface area contributed by atoms with Crippen LogP contribution in [0.3, 0.4) is 0 Å². The lowest BCUT2D eigenvalue weighted by atomic mass is 10.4. The van der Waals surface area contributed by atoms with Gasteiger partial charge in [0.1, 0.15) is 17.9 Å². The van der Waals surface area contributed by atoms with Crippen molar-refractivity contribution in [2.24, 2.45) is 0 Å². The molecule has 0 saturated carbocycles. The third kappa shape index (κ3) is 3.67. The number of hydrogen-bond acceptors (Lipinski definition) is 6. The molecule has 2 aromatic heterocycles. The third-order valence-corrected chi connectivity index (χ3v) is 2.49. The van der Waals surface area contributed by atoms with E-state index < -0.39 is 0 Å². The summed E-state index contributed by atoms with van der Waals surface area (Å²) in [4.78, 5) is 12.5. The fraction of sp³-hybridized carbons (Fsp3) is 0.462. The van der Waals surface area contributed by atoms with Gasteiger partial charge < -0.3 is 14.5 Å². The van der Waals surface area contributed by atoms with Crippen LogP contribution < -0.4 is 10.1 Å². The van der Waals surface area contributed by atoms with Gasteiger partial charge in [-0.05, 0) is 27.7 Å². The highest BCUT2D eigenvalue weighted by Crippen LogP contribution is 2.14. The number of rotatable bonds is 5. The van der Waals surface area contributed by atoms with Crippen LogP contribution in [0.4, 0.5) is 5.82 Å². The van der Waals surface area contributed by atoms with Crippen molar-refractivity contribution in [2.75, 3.05) is 5.32 Å². The first-order valence-corrected chi connectivity index (χ1v) is 6.20. The molecule has 0 fully saturated rings. The molecule has 0 amide bonds. The predicted molar refractivity (Wildman–Crippen MR) is 71.1 cm³/mol. The molecule has 0 aromatic carbocycles. The first-order chi connectivity index (χ1) is 9.04. The van der Waals surface area contributed by atoms with E-state index in [-0.39, 0.29) is 6.10 Å². The number of hydrogen-bond donors (Lipinski definition) is 1. The van der Waals surface area contributed by atoms with Crippen molar-refractivity contribution in [3.63, 3.8) is 0 Å². The second-order valence-corrected chi connectivity index (χ2v) is 4.51. The molecule has 0 aliphatic heterocycles. The van der Waals surface area contributed by atoms with Crippen molar-refractivity contribution in [3.8, 4) is 5.88 Å². The Kier molecular flexibility index (Phi) is 3.99. The molecule has 102 valence electrons. The molecule has 1 N–H and O–H groups in total. The summed E-state index contributed by atoms with van der Waals surface area (Å²) in [5.41, 5.74) is 0.906. The zero-order valence-electron chi connectivity index (χ0n) is 11.6. The van der Waals surface area contributed by atoms with Crippen LogP contribution in [0.5, 0.6) is 5.88 Å². The van der Waals surface area contributed by atoms with Crippen molar-refractivity contribution in [2.45, 2.75) is 40.3 Å². The van der Waals surface area contributed by atoms with Gasteiger partial charge in [-0.15, -0.1) is 0 Å². The highest BCUT2D eigenvalue weighted by Gasteiger charge is 2.06. The van der Waals surface area contributed by atoms with Crippen LogP contribution in [0.25, 0.3) is 0 Å². The molecule has 0 atom stereocenters. The lowest BCUT2D eigenvalue weighted by molar-refractivity contribution is 0.232. The minimum Gasteiger partial charge on any atom is -0.475 e. The van der Waals surface area contributed by atoms with Crippen LogP contribution in [0, 0.1) is 13.8 Å². The van der Waals surface area contributed by atoms with E-state index in [0.29, 0.717) is 24.1 Å². The van der Waals surface area contributed by atoms with Crippen molar-refractivity contribution in [3.05, 3.63) is 29.7 Å². The number of nitrogens with one attached hydrogen (secondary N) is 1. The van der Waals surface area contributed by atoms with Gasteiger partial charge in [0, 0.05) is 6.07 Å². The topological polar surface area (TPSA) is 73.1 Å². The molecule has 0 saturated heterocycles. The van der Waals surface area contributed by atoms with Gasteiger partial charge in [0.15, 0.2) is 0 Å². The fourth-order valence-corrected chi connectivity index (χ4v) is 1.52. The third-order valence-electron chi connectivity index (χ3n) is 2.49. The molecule has 19 heavy (non-hydrogen) atoms. The lowest BCUT2D eigenvalue weighted by Gasteiger charge is -2.09. The smallest absolute Gasteiger partial charge is 0.218 e. The maximum Gasteiger partial charge on any atom is 0.218 e. The molecule has 2 heterocycles. The molecule has 2 aromatic rings. The predicted octanol–water partition coefficient (Wildman–Crippen LogP) is 2.48. The summed E-state index contributed by atoms with van der Waals surface area (Å²) in [5, 5.41) is 3.13. The molecule has 0 aliphatic rings. The number of aryl methyl sites for hydroxylation is 2. The molecule has 2 rings (SSSR count). The molecular formula is C13H18N4O2. The highest BCUT2D eigenvalue weighted by atomic mass is 16.5. The Morgan fingerprint density at radius 1 is 1.32 bits per heavy atom. The van der Waals surface area contributed by atoms with Crippen LogP contribution in [0.2, 0.25) is 0 Å². The van der Waals surface area contributed by atoms with Crippen LogP contribution in [-0.4, -0.2) is 21.1 Å². The Hall–Kier alpha value is -2.11. The highest BCUT2D eigenvalue weighted by molar-refractivity contribution is 5.37. The minimum absolute atomic E-state index is 0.0831. The Morgan fingerprint density at radius 3 is 2.74 bits per heavy atom. The second kappa shape index (κ2) is 5.69. The maximum absolute atomic E-state index is 5.50. The summed E-state index contributed by atoms with van der Waals surface area (Å²) < 4.78 is 11.0. The van der Waals surface area contributed by atoms with Crippen molar-refractivity contribution >= 4 is 5.82 Å². The Morgan fingerprint density at radius 2 is 2.11 bits per heavy atom. The molecule has 0 aliphatic carbocycles. The van der Waals surface area contributed by atoms with Gasteiger partial charge in [-0.2, -0.15) is 0 Å². The SMILES string of the molecule is Cc1nc(CNc2cc(OC(C)C)ncn2)oc1C. The van der Waals surface area contributed by atoms with Crippen molar-refractivity contribution in [1.29, 1.82) is 0 Å². The number of oxazole rings is 1. The molecule has 6 nitrogen and oxygen atoms in total. The number of anilines is 1. The van der Waals surface area contributed by atoms with Gasteiger partial charge in [-0.1, -0.05) is 0 Å². The summed E-state index contributed by atoms with van der Waals surface area (Å²) in [6, 6.07) is 1.75. The number of ether oxygens (including phenoxy) is 1. The van der Waals surface area contributed by atoms with E-state index >= 15 is 0 Å². The van der Waals surface area contributed by atoms with E-state index in [4.69, 9.17) is 9.15 Å². The first kappa shape index (κ1) is 13.3. The average molecular weight is 262 g/mol.